The third-order valence-electron chi connectivity index (χ3n) is 2.56. The molecule has 0 spiro atoms. The number of rotatable bonds is 5. The van der Waals surface area contributed by atoms with Crippen molar-refractivity contribution in [3.8, 4) is 0 Å². The quantitative estimate of drug-likeness (QED) is 0.575. The van der Waals surface area contributed by atoms with Crippen LogP contribution in [0.5, 0.6) is 0 Å². The van der Waals surface area contributed by atoms with Crippen LogP contribution >= 0.6 is 0 Å². The molecule has 3 nitrogen and oxygen atoms in total. The lowest BCUT2D eigenvalue weighted by Gasteiger charge is -2.17. The third-order valence-corrected chi connectivity index (χ3v) is 2.56. The van der Waals surface area contributed by atoms with Gasteiger partial charge in [0.05, 0.1) is 0 Å². The van der Waals surface area contributed by atoms with Gasteiger partial charge in [-0.25, -0.2) is 0 Å². The van der Waals surface area contributed by atoms with Crippen LogP contribution in [0.15, 0.2) is 18.3 Å². The Balaban J connectivity index is 2.65. The molecule has 15 heavy (non-hydrogen) atoms. The summed E-state index contributed by atoms with van der Waals surface area (Å²) in [6.07, 6.45) is 4.08. The van der Waals surface area contributed by atoms with E-state index in [0.29, 0.717) is 5.92 Å². The van der Waals surface area contributed by atoms with Crippen LogP contribution in [-0.4, -0.2) is 4.98 Å². The van der Waals surface area contributed by atoms with E-state index in [2.05, 4.69) is 30.3 Å². The van der Waals surface area contributed by atoms with Crippen molar-refractivity contribution in [2.75, 3.05) is 0 Å². The second-order valence-electron chi connectivity index (χ2n) is 4.42. The first-order chi connectivity index (χ1) is 7.13. The van der Waals surface area contributed by atoms with E-state index in [0.717, 1.165) is 12.1 Å². The highest BCUT2D eigenvalue weighted by atomic mass is 15.2. The first-order valence-electron chi connectivity index (χ1n) is 5.52. The fourth-order valence-corrected chi connectivity index (χ4v) is 1.63. The lowest BCUT2D eigenvalue weighted by Crippen LogP contribution is -2.28. The minimum atomic E-state index is 0.245. The van der Waals surface area contributed by atoms with Crippen LogP contribution in [0.25, 0.3) is 0 Å². The van der Waals surface area contributed by atoms with Gasteiger partial charge < -0.3 is 0 Å². The average molecular weight is 207 g/mol. The zero-order valence-electron chi connectivity index (χ0n) is 9.83. The molecule has 1 aromatic rings. The Labute approximate surface area is 92.1 Å². The van der Waals surface area contributed by atoms with E-state index in [9.17, 15) is 0 Å². The van der Waals surface area contributed by atoms with Gasteiger partial charge in [-0.3, -0.25) is 16.3 Å². The van der Waals surface area contributed by atoms with Gasteiger partial charge >= 0.3 is 0 Å². The Kier molecular flexibility index (Phi) is 4.72. The van der Waals surface area contributed by atoms with E-state index in [4.69, 9.17) is 5.84 Å². The predicted octanol–water partition coefficient (Wildman–Crippen LogP) is 2.33. The summed E-state index contributed by atoms with van der Waals surface area (Å²) in [6.45, 7) is 6.45. The van der Waals surface area contributed by atoms with Crippen LogP contribution in [-0.2, 0) is 0 Å². The van der Waals surface area contributed by atoms with Crippen molar-refractivity contribution in [3.05, 3.63) is 29.6 Å². The second-order valence-corrected chi connectivity index (χ2v) is 4.42. The molecule has 3 heteroatoms. The summed E-state index contributed by atoms with van der Waals surface area (Å²) in [5, 5.41) is 0. The summed E-state index contributed by atoms with van der Waals surface area (Å²) in [5.74, 6) is 6.28. The van der Waals surface area contributed by atoms with Crippen LogP contribution in [0.4, 0.5) is 0 Å². The summed E-state index contributed by atoms with van der Waals surface area (Å²) in [6, 6.07) is 4.36. The maximum absolute atomic E-state index is 5.57. The number of pyridine rings is 1. The lowest BCUT2D eigenvalue weighted by molar-refractivity contribution is 0.448. The van der Waals surface area contributed by atoms with Crippen LogP contribution in [0.3, 0.4) is 0 Å². The van der Waals surface area contributed by atoms with Gasteiger partial charge in [-0.15, -0.1) is 0 Å². The van der Waals surface area contributed by atoms with Gasteiger partial charge in [-0.2, -0.15) is 0 Å². The third kappa shape index (κ3) is 3.98. The van der Waals surface area contributed by atoms with E-state index in [-0.39, 0.29) is 6.04 Å². The van der Waals surface area contributed by atoms with Gasteiger partial charge in [0.25, 0.3) is 0 Å². The monoisotopic (exact) mass is 207 g/mol. The van der Waals surface area contributed by atoms with Crippen LogP contribution < -0.4 is 11.3 Å². The van der Waals surface area contributed by atoms with Gasteiger partial charge in [0.2, 0.25) is 0 Å². The molecule has 3 N–H and O–H groups in total. The molecule has 0 aliphatic carbocycles. The van der Waals surface area contributed by atoms with Crippen molar-refractivity contribution in [2.24, 2.45) is 11.8 Å². The summed E-state index contributed by atoms with van der Waals surface area (Å²) in [5.41, 5.74) is 5.14. The zero-order valence-corrected chi connectivity index (χ0v) is 9.83. The molecule has 84 valence electrons. The Bertz CT molecular complexity index is 297. The Morgan fingerprint density at radius 3 is 2.67 bits per heavy atom. The Morgan fingerprint density at radius 1 is 1.40 bits per heavy atom. The summed E-state index contributed by atoms with van der Waals surface area (Å²) in [4.78, 5) is 4.18. The largest absolute Gasteiger partial charge is 0.271 e. The van der Waals surface area contributed by atoms with E-state index in [1.807, 2.05) is 19.2 Å². The molecule has 0 aliphatic heterocycles. The maximum atomic E-state index is 5.57. The van der Waals surface area contributed by atoms with Crippen molar-refractivity contribution in [2.45, 2.75) is 39.7 Å². The van der Waals surface area contributed by atoms with Crippen molar-refractivity contribution in [3.63, 3.8) is 0 Å². The number of nitrogens with zero attached hydrogens (tertiary/aromatic N) is 1. The molecule has 0 saturated carbocycles. The Hall–Kier alpha value is -0.930. The van der Waals surface area contributed by atoms with Crippen molar-refractivity contribution >= 4 is 0 Å². The summed E-state index contributed by atoms with van der Waals surface area (Å²) >= 11 is 0. The zero-order chi connectivity index (χ0) is 11.3. The molecule has 1 rings (SSSR count). The first kappa shape index (κ1) is 12.1. The van der Waals surface area contributed by atoms with E-state index in [1.54, 1.807) is 0 Å². The molecule has 0 radical (unpaired) electrons. The van der Waals surface area contributed by atoms with E-state index < -0.39 is 0 Å². The number of hydrogen-bond acceptors (Lipinski definition) is 3. The van der Waals surface area contributed by atoms with Gasteiger partial charge in [-0.1, -0.05) is 13.8 Å². The minimum Gasteiger partial charge on any atom is -0.271 e. The standard InChI is InChI=1S/C12H21N3/c1-9(2)4-5-12(15-13)11-6-7-14-10(3)8-11/h6-9,12,15H,4-5,13H2,1-3H3. The normalized spacial score (nSPS) is 13.1. The van der Waals surface area contributed by atoms with Gasteiger partial charge in [0.15, 0.2) is 0 Å². The summed E-state index contributed by atoms with van der Waals surface area (Å²) in [7, 11) is 0. The summed E-state index contributed by atoms with van der Waals surface area (Å²) < 4.78 is 0. The smallest absolute Gasteiger partial charge is 0.0461 e. The number of hydrogen-bond donors (Lipinski definition) is 2. The highest BCUT2D eigenvalue weighted by molar-refractivity contribution is 5.19. The van der Waals surface area contributed by atoms with Gasteiger partial charge in [-0.05, 0) is 43.4 Å². The SMILES string of the molecule is Cc1cc(C(CCC(C)C)NN)ccn1. The fraction of sp³-hybridized carbons (Fsp3) is 0.583. The number of aromatic nitrogens is 1. The van der Waals surface area contributed by atoms with E-state index >= 15 is 0 Å². The number of nitrogens with one attached hydrogen (secondary N) is 1. The predicted molar refractivity (Wildman–Crippen MR) is 63.1 cm³/mol. The molecule has 1 atom stereocenters. The van der Waals surface area contributed by atoms with Gasteiger partial charge in [0.1, 0.15) is 0 Å². The van der Waals surface area contributed by atoms with Gasteiger partial charge in [0, 0.05) is 17.9 Å². The molecule has 1 heterocycles. The highest BCUT2D eigenvalue weighted by Gasteiger charge is 2.10. The molecular weight excluding hydrogens is 186 g/mol. The number of hydrazine groups is 1. The molecule has 0 aromatic carbocycles. The minimum absolute atomic E-state index is 0.245. The van der Waals surface area contributed by atoms with E-state index in [1.165, 1.54) is 12.0 Å². The Morgan fingerprint density at radius 2 is 2.13 bits per heavy atom. The lowest BCUT2D eigenvalue weighted by atomic mass is 9.98. The molecule has 0 amide bonds. The number of aryl methyl sites for hydroxylation is 1. The molecule has 1 aromatic heterocycles. The van der Waals surface area contributed by atoms with Crippen LogP contribution in [0.1, 0.15) is 44.0 Å². The maximum Gasteiger partial charge on any atom is 0.0461 e. The van der Waals surface area contributed by atoms with Crippen molar-refractivity contribution < 1.29 is 0 Å². The molecule has 0 saturated heterocycles. The molecule has 1 unspecified atom stereocenters. The fourth-order valence-electron chi connectivity index (χ4n) is 1.63. The number of nitrogens with two attached hydrogens (primary N) is 1. The molecule has 0 fully saturated rings. The topological polar surface area (TPSA) is 50.9 Å². The van der Waals surface area contributed by atoms with Crippen molar-refractivity contribution in [1.82, 2.24) is 10.4 Å². The van der Waals surface area contributed by atoms with Crippen molar-refractivity contribution in [1.29, 1.82) is 0 Å². The highest BCUT2D eigenvalue weighted by Crippen LogP contribution is 2.20. The van der Waals surface area contributed by atoms with Crippen LogP contribution in [0.2, 0.25) is 0 Å². The first-order valence-corrected chi connectivity index (χ1v) is 5.52. The molecule has 0 bridgehead atoms. The molecule has 0 aliphatic rings. The molecular formula is C12H21N3. The average Bonchev–Trinajstić information content (AvgIpc) is 2.18. The second kappa shape index (κ2) is 5.83. The van der Waals surface area contributed by atoms with Crippen LogP contribution in [0, 0.1) is 12.8 Å².